The fourth-order valence-corrected chi connectivity index (χ4v) is 3.89. The first kappa shape index (κ1) is 20.4. The van der Waals surface area contributed by atoms with Gasteiger partial charge in [-0.05, 0) is 55.3 Å². The zero-order valence-electron chi connectivity index (χ0n) is 17.8. The maximum absolute atomic E-state index is 6.25. The number of fused-ring (bicyclic) bond motifs is 1. The Morgan fingerprint density at radius 2 is 1.88 bits per heavy atom. The van der Waals surface area contributed by atoms with Crippen LogP contribution >= 0.6 is 11.6 Å². The summed E-state index contributed by atoms with van der Waals surface area (Å²) in [4.78, 5) is 17.3. The molecule has 0 bridgehead atoms. The molecule has 0 aliphatic rings. The summed E-state index contributed by atoms with van der Waals surface area (Å²) in [6, 6.07) is 15.9. The number of nitrogens with zero attached hydrogens (tertiary/aromatic N) is 5. The largest absolute Gasteiger partial charge is 0.339 e. The average Bonchev–Trinajstić information content (AvgIpc) is 3.43. The molecule has 32 heavy (non-hydrogen) atoms. The van der Waals surface area contributed by atoms with Gasteiger partial charge in [0, 0.05) is 29.0 Å². The summed E-state index contributed by atoms with van der Waals surface area (Å²) in [7, 11) is 0. The fourth-order valence-electron chi connectivity index (χ4n) is 3.70. The highest BCUT2D eigenvalue weighted by molar-refractivity contribution is 6.31. The Balaban J connectivity index is 1.47. The van der Waals surface area contributed by atoms with E-state index in [4.69, 9.17) is 21.6 Å². The number of rotatable bonds is 6. The van der Waals surface area contributed by atoms with Crippen molar-refractivity contribution in [2.75, 3.05) is 0 Å². The number of aryl methyl sites for hydroxylation is 1. The Hall–Kier alpha value is -3.55. The molecular weight excluding hydrogens is 422 g/mol. The topological polar surface area (TPSA) is 83.8 Å². The van der Waals surface area contributed by atoms with Gasteiger partial charge >= 0.3 is 0 Å². The van der Waals surface area contributed by atoms with Crippen LogP contribution in [0.4, 0.5) is 0 Å². The van der Waals surface area contributed by atoms with Gasteiger partial charge in [-0.2, -0.15) is 5.10 Å². The second-order valence-electron chi connectivity index (χ2n) is 7.68. The highest BCUT2D eigenvalue weighted by Gasteiger charge is 2.16. The molecule has 0 saturated heterocycles. The van der Waals surface area contributed by atoms with Gasteiger partial charge in [0.1, 0.15) is 12.2 Å². The lowest BCUT2D eigenvalue weighted by atomic mass is 10.1. The molecule has 5 aromatic rings. The fraction of sp³-hybridized carbons (Fsp3) is 0.167. The standard InChI is InChI=1S/C24H22ClN7/c1-15-5-3-8-20(29-15)24-23(18-9-10-22-27-14-28-32(22)13-18)30-21(31-24)12-26-11-17-6-4-7-19(25)16(17)2/h3-10,13-14,26H,11-12H2,1-2H3,(H,30,31). The predicted octanol–water partition coefficient (Wildman–Crippen LogP) is 4.74. The SMILES string of the molecule is Cc1cccc(-c2[nH]c(CNCc3cccc(Cl)c3C)nc2-c2ccc3ncnn3c2)n1. The van der Waals surface area contributed by atoms with Crippen molar-refractivity contribution in [1.29, 1.82) is 0 Å². The van der Waals surface area contributed by atoms with E-state index < -0.39 is 0 Å². The van der Waals surface area contributed by atoms with Gasteiger partial charge in [0.2, 0.25) is 0 Å². The van der Waals surface area contributed by atoms with Crippen LogP contribution < -0.4 is 5.32 Å². The van der Waals surface area contributed by atoms with Crippen molar-refractivity contribution in [3.63, 3.8) is 0 Å². The van der Waals surface area contributed by atoms with Crippen LogP contribution in [0.3, 0.4) is 0 Å². The zero-order chi connectivity index (χ0) is 22.1. The van der Waals surface area contributed by atoms with Gasteiger partial charge in [-0.3, -0.25) is 4.98 Å². The summed E-state index contributed by atoms with van der Waals surface area (Å²) < 4.78 is 1.75. The summed E-state index contributed by atoms with van der Waals surface area (Å²) in [5.74, 6) is 0.830. The molecule has 0 aliphatic heterocycles. The normalized spacial score (nSPS) is 11.3. The first-order valence-electron chi connectivity index (χ1n) is 10.4. The molecule has 2 N–H and O–H groups in total. The van der Waals surface area contributed by atoms with Gasteiger partial charge in [-0.1, -0.05) is 29.8 Å². The first-order chi connectivity index (χ1) is 15.6. The van der Waals surface area contributed by atoms with E-state index >= 15 is 0 Å². The third-order valence-electron chi connectivity index (χ3n) is 5.43. The lowest BCUT2D eigenvalue weighted by Crippen LogP contribution is -2.14. The average molecular weight is 444 g/mol. The van der Waals surface area contributed by atoms with E-state index in [-0.39, 0.29) is 0 Å². The molecule has 0 spiro atoms. The van der Waals surface area contributed by atoms with E-state index in [1.807, 2.05) is 62.5 Å². The molecule has 0 atom stereocenters. The van der Waals surface area contributed by atoms with Crippen LogP contribution in [0.2, 0.25) is 5.02 Å². The molecule has 5 rings (SSSR count). The Kier molecular flexibility index (Phi) is 5.43. The summed E-state index contributed by atoms with van der Waals surface area (Å²) in [5, 5.41) is 8.50. The number of halogens is 1. The predicted molar refractivity (Wildman–Crippen MR) is 125 cm³/mol. The van der Waals surface area contributed by atoms with E-state index in [1.165, 1.54) is 5.56 Å². The van der Waals surface area contributed by atoms with Gasteiger partial charge in [0.05, 0.1) is 23.6 Å². The number of imidazole rings is 1. The van der Waals surface area contributed by atoms with Crippen LogP contribution in [0.25, 0.3) is 28.3 Å². The number of benzene rings is 1. The number of pyridine rings is 2. The quantitative estimate of drug-likeness (QED) is 0.396. The second kappa shape index (κ2) is 8.53. The van der Waals surface area contributed by atoms with E-state index in [2.05, 4.69) is 26.4 Å². The molecule has 0 unspecified atom stereocenters. The molecule has 7 nitrogen and oxygen atoms in total. The molecule has 0 fully saturated rings. The number of hydrogen-bond acceptors (Lipinski definition) is 5. The van der Waals surface area contributed by atoms with Gasteiger partial charge in [-0.25, -0.2) is 14.5 Å². The van der Waals surface area contributed by atoms with Crippen LogP contribution in [-0.4, -0.2) is 29.5 Å². The number of H-pyrrole nitrogens is 1. The van der Waals surface area contributed by atoms with E-state index in [0.717, 1.165) is 50.4 Å². The first-order valence-corrected chi connectivity index (χ1v) is 10.7. The van der Waals surface area contributed by atoms with Crippen molar-refractivity contribution < 1.29 is 0 Å². The van der Waals surface area contributed by atoms with Crippen molar-refractivity contribution in [1.82, 2.24) is 34.9 Å². The summed E-state index contributed by atoms with van der Waals surface area (Å²) in [6.45, 7) is 5.30. The maximum Gasteiger partial charge on any atom is 0.155 e. The second-order valence-corrected chi connectivity index (χ2v) is 8.09. The summed E-state index contributed by atoms with van der Waals surface area (Å²) >= 11 is 6.25. The number of hydrogen-bond donors (Lipinski definition) is 2. The third kappa shape index (κ3) is 4.00. The smallest absolute Gasteiger partial charge is 0.155 e. The van der Waals surface area contributed by atoms with E-state index in [1.54, 1.807) is 10.8 Å². The Bertz CT molecular complexity index is 1400. The minimum absolute atomic E-state index is 0.580. The Morgan fingerprint density at radius 1 is 1.00 bits per heavy atom. The minimum Gasteiger partial charge on any atom is -0.339 e. The lowest BCUT2D eigenvalue weighted by Gasteiger charge is -2.08. The number of aromatic amines is 1. The van der Waals surface area contributed by atoms with Crippen molar-refractivity contribution in [2.24, 2.45) is 0 Å². The molecule has 1 aromatic carbocycles. The van der Waals surface area contributed by atoms with Crippen LogP contribution in [0.15, 0.2) is 61.1 Å². The summed E-state index contributed by atoms with van der Waals surface area (Å²) in [5.41, 5.74) is 7.50. The van der Waals surface area contributed by atoms with Gasteiger partial charge in [0.15, 0.2) is 5.65 Å². The molecule has 0 radical (unpaired) electrons. The molecule has 4 aromatic heterocycles. The van der Waals surface area contributed by atoms with Crippen molar-refractivity contribution >= 4 is 17.2 Å². The van der Waals surface area contributed by atoms with E-state index in [9.17, 15) is 0 Å². The van der Waals surface area contributed by atoms with Crippen molar-refractivity contribution in [3.05, 3.63) is 88.7 Å². The molecule has 8 heteroatoms. The number of nitrogens with one attached hydrogen (secondary N) is 2. The minimum atomic E-state index is 0.580. The summed E-state index contributed by atoms with van der Waals surface area (Å²) in [6.07, 6.45) is 3.48. The molecule has 0 amide bonds. The monoisotopic (exact) mass is 443 g/mol. The van der Waals surface area contributed by atoms with E-state index in [0.29, 0.717) is 13.1 Å². The Labute approximate surface area is 190 Å². The van der Waals surface area contributed by atoms with Crippen LogP contribution in [0.1, 0.15) is 22.6 Å². The third-order valence-corrected chi connectivity index (χ3v) is 5.84. The highest BCUT2D eigenvalue weighted by atomic mass is 35.5. The highest BCUT2D eigenvalue weighted by Crippen LogP contribution is 2.29. The molecule has 0 saturated carbocycles. The number of aromatic nitrogens is 6. The van der Waals surface area contributed by atoms with Crippen molar-refractivity contribution in [2.45, 2.75) is 26.9 Å². The maximum atomic E-state index is 6.25. The Morgan fingerprint density at radius 3 is 2.75 bits per heavy atom. The van der Waals surface area contributed by atoms with Crippen LogP contribution in [-0.2, 0) is 13.1 Å². The van der Waals surface area contributed by atoms with Crippen molar-refractivity contribution in [3.8, 4) is 22.6 Å². The van der Waals surface area contributed by atoms with Gasteiger partial charge in [-0.15, -0.1) is 0 Å². The zero-order valence-corrected chi connectivity index (χ0v) is 18.6. The molecule has 4 heterocycles. The molecule has 160 valence electrons. The molecule has 0 aliphatic carbocycles. The van der Waals surface area contributed by atoms with Crippen LogP contribution in [0.5, 0.6) is 0 Å². The van der Waals surface area contributed by atoms with Gasteiger partial charge < -0.3 is 10.3 Å². The van der Waals surface area contributed by atoms with Gasteiger partial charge in [0.25, 0.3) is 0 Å². The van der Waals surface area contributed by atoms with Crippen LogP contribution in [0, 0.1) is 13.8 Å². The molecular formula is C24H22ClN7. The lowest BCUT2D eigenvalue weighted by molar-refractivity contribution is 0.667.